The fourth-order valence-electron chi connectivity index (χ4n) is 3.24. The van der Waals surface area contributed by atoms with Gasteiger partial charge in [-0.05, 0) is 37.1 Å². The van der Waals surface area contributed by atoms with Crippen LogP contribution in [0.2, 0.25) is 0 Å². The van der Waals surface area contributed by atoms with Gasteiger partial charge in [-0.15, -0.1) is 0 Å². The number of piperidine rings is 1. The number of benzene rings is 1. The van der Waals surface area contributed by atoms with Gasteiger partial charge in [-0.3, -0.25) is 9.59 Å². The van der Waals surface area contributed by atoms with E-state index < -0.39 is 11.9 Å². The quantitative estimate of drug-likeness (QED) is 0.565. The van der Waals surface area contributed by atoms with Crippen LogP contribution in [0.15, 0.2) is 42.7 Å². The van der Waals surface area contributed by atoms with Crippen molar-refractivity contribution in [2.24, 2.45) is 0 Å². The maximum Gasteiger partial charge on any atom is 0.334 e. The minimum Gasteiger partial charge on any atom is -0.371 e. The number of hydrogen-bond donors (Lipinski definition) is 3. The number of hydroxylamine groups is 1. The topological polar surface area (TPSA) is 126 Å². The first-order valence-electron chi connectivity index (χ1n) is 10.1. The van der Waals surface area contributed by atoms with Crippen molar-refractivity contribution in [3.8, 4) is 0 Å². The molecule has 0 radical (unpaired) electrons. The van der Waals surface area contributed by atoms with Gasteiger partial charge in [0.15, 0.2) is 0 Å². The normalized spacial score (nSPS) is 13.9. The zero-order valence-corrected chi connectivity index (χ0v) is 17.3. The van der Waals surface area contributed by atoms with E-state index in [1.807, 2.05) is 23.7 Å². The minimum absolute atomic E-state index is 0.0443. The van der Waals surface area contributed by atoms with Crippen LogP contribution >= 0.6 is 0 Å². The zero-order chi connectivity index (χ0) is 22.1. The number of hydrogen-bond acceptors (Lipinski definition) is 8. The Bertz CT molecular complexity index is 900. The summed E-state index contributed by atoms with van der Waals surface area (Å²) < 4.78 is 0. The SMILES string of the molecule is CC(=O)NOC(=O)CCNC(=O)c1cccc(N2CCC(Nc3ncccn3)CC2)c1. The first-order chi connectivity index (χ1) is 15.0. The summed E-state index contributed by atoms with van der Waals surface area (Å²) in [5, 5.41) is 6.04. The van der Waals surface area contributed by atoms with Crippen molar-refractivity contribution < 1.29 is 19.2 Å². The molecule has 2 amide bonds. The molecular formula is C21H26N6O4. The van der Waals surface area contributed by atoms with Crippen LogP contribution in [0, 0.1) is 0 Å². The Morgan fingerprint density at radius 3 is 2.58 bits per heavy atom. The van der Waals surface area contributed by atoms with Crippen LogP contribution in [0.4, 0.5) is 11.6 Å². The fraction of sp³-hybridized carbons (Fsp3) is 0.381. The summed E-state index contributed by atoms with van der Waals surface area (Å²) in [6.45, 7) is 3.05. The largest absolute Gasteiger partial charge is 0.371 e. The molecule has 31 heavy (non-hydrogen) atoms. The average molecular weight is 426 g/mol. The number of anilines is 2. The van der Waals surface area contributed by atoms with Crippen molar-refractivity contribution >= 4 is 29.4 Å². The second-order valence-electron chi connectivity index (χ2n) is 7.17. The summed E-state index contributed by atoms with van der Waals surface area (Å²) >= 11 is 0. The van der Waals surface area contributed by atoms with Crippen molar-refractivity contribution in [1.82, 2.24) is 20.8 Å². The monoisotopic (exact) mass is 426 g/mol. The van der Waals surface area contributed by atoms with E-state index >= 15 is 0 Å². The maximum atomic E-state index is 12.4. The lowest BCUT2D eigenvalue weighted by Crippen LogP contribution is -2.39. The van der Waals surface area contributed by atoms with Gasteiger partial charge in [-0.1, -0.05) is 6.07 Å². The molecule has 1 aliphatic rings. The molecule has 2 aromatic rings. The predicted molar refractivity (Wildman–Crippen MR) is 114 cm³/mol. The van der Waals surface area contributed by atoms with E-state index in [4.69, 9.17) is 0 Å². The molecule has 3 rings (SSSR count). The van der Waals surface area contributed by atoms with Gasteiger partial charge in [0.25, 0.3) is 5.91 Å². The van der Waals surface area contributed by atoms with Crippen molar-refractivity contribution in [2.45, 2.75) is 32.2 Å². The van der Waals surface area contributed by atoms with Gasteiger partial charge in [0.05, 0.1) is 6.42 Å². The van der Waals surface area contributed by atoms with Gasteiger partial charge in [-0.2, -0.15) is 5.48 Å². The second-order valence-corrected chi connectivity index (χ2v) is 7.17. The van der Waals surface area contributed by atoms with Gasteiger partial charge in [-0.25, -0.2) is 14.8 Å². The molecule has 10 nitrogen and oxygen atoms in total. The Morgan fingerprint density at radius 2 is 1.87 bits per heavy atom. The Labute approximate surface area is 180 Å². The van der Waals surface area contributed by atoms with E-state index in [0.29, 0.717) is 17.6 Å². The highest BCUT2D eigenvalue weighted by Crippen LogP contribution is 2.22. The number of rotatable bonds is 7. The summed E-state index contributed by atoms with van der Waals surface area (Å²) in [7, 11) is 0. The van der Waals surface area contributed by atoms with Crippen molar-refractivity contribution in [1.29, 1.82) is 0 Å². The van der Waals surface area contributed by atoms with E-state index in [1.165, 1.54) is 6.92 Å². The third-order valence-corrected chi connectivity index (χ3v) is 4.79. The standard InChI is InChI=1S/C21H26N6O4/c1-15(28)26-31-19(29)6-11-22-20(30)16-4-2-5-18(14-16)27-12-7-17(8-13-27)25-21-23-9-3-10-24-21/h2-5,9-10,14,17H,6-8,11-13H2,1H3,(H,22,30)(H,26,28)(H,23,24,25). The summed E-state index contributed by atoms with van der Waals surface area (Å²) in [4.78, 5) is 49.8. The molecule has 2 heterocycles. The van der Waals surface area contributed by atoms with Crippen LogP contribution in [-0.2, 0) is 14.4 Å². The number of carbonyl (C=O) groups is 3. The molecule has 0 bridgehead atoms. The molecule has 0 atom stereocenters. The van der Waals surface area contributed by atoms with E-state index in [0.717, 1.165) is 31.6 Å². The van der Waals surface area contributed by atoms with Crippen molar-refractivity contribution in [2.75, 3.05) is 29.9 Å². The molecular weight excluding hydrogens is 400 g/mol. The average Bonchev–Trinajstić information content (AvgIpc) is 2.79. The zero-order valence-electron chi connectivity index (χ0n) is 17.3. The lowest BCUT2D eigenvalue weighted by Gasteiger charge is -2.34. The smallest absolute Gasteiger partial charge is 0.334 e. The first kappa shape index (κ1) is 22.0. The van der Waals surface area contributed by atoms with Gasteiger partial charge < -0.3 is 20.4 Å². The Kier molecular flexibility index (Phi) is 7.74. The number of amides is 2. The molecule has 1 aliphatic heterocycles. The van der Waals surface area contributed by atoms with Gasteiger partial charge in [0.1, 0.15) is 0 Å². The third kappa shape index (κ3) is 6.95. The fourth-order valence-corrected chi connectivity index (χ4v) is 3.24. The molecule has 164 valence electrons. The van der Waals surface area contributed by atoms with Gasteiger partial charge >= 0.3 is 5.97 Å². The Morgan fingerprint density at radius 1 is 1.13 bits per heavy atom. The molecule has 0 unspecified atom stereocenters. The molecule has 0 spiro atoms. The third-order valence-electron chi connectivity index (χ3n) is 4.79. The first-order valence-corrected chi connectivity index (χ1v) is 10.1. The van der Waals surface area contributed by atoms with E-state index in [-0.39, 0.29) is 18.9 Å². The molecule has 1 saturated heterocycles. The van der Waals surface area contributed by atoms with E-state index in [2.05, 4.69) is 30.3 Å². The summed E-state index contributed by atoms with van der Waals surface area (Å²) in [5.74, 6) is -0.725. The second kappa shape index (κ2) is 10.9. The molecule has 1 aromatic carbocycles. The van der Waals surface area contributed by atoms with E-state index in [1.54, 1.807) is 24.5 Å². The van der Waals surface area contributed by atoms with Gasteiger partial charge in [0, 0.05) is 56.2 Å². The molecule has 10 heteroatoms. The maximum absolute atomic E-state index is 12.4. The summed E-state index contributed by atoms with van der Waals surface area (Å²) in [6.07, 6.45) is 5.26. The van der Waals surface area contributed by atoms with E-state index in [9.17, 15) is 14.4 Å². The molecule has 3 N–H and O–H groups in total. The lowest BCUT2D eigenvalue weighted by atomic mass is 10.0. The lowest BCUT2D eigenvalue weighted by molar-refractivity contribution is -0.157. The minimum atomic E-state index is -0.623. The van der Waals surface area contributed by atoms with Crippen LogP contribution in [0.1, 0.15) is 36.5 Å². The highest BCUT2D eigenvalue weighted by atomic mass is 16.7. The number of nitrogens with zero attached hydrogens (tertiary/aromatic N) is 3. The Balaban J connectivity index is 1.46. The Hall–Kier alpha value is -3.69. The predicted octanol–water partition coefficient (Wildman–Crippen LogP) is 1.27. The van der Waals surface area contributed by atoms with Gasteiger partial charge in [0.2, 0.25) is 11.9 Å². The highest BCUT2D eigenvalue weighted by molar-refractivity contribution is 5.95. The number of aromatic nitrogens is 2. The van der Waals surface area contributed by atoms with Crippen LogP contribution < -0.4 is 21.0 Å². The molecule has 1 aromatic heterocycles. The summed E-state index contributed by atoms with van der Waals surface area (Å²) in [5.41, 5.74) is 3.46. The van der Waals surface area contributed by atoms with Crippen LogP contribution in [-0.4, -0.2) is 53.4 Å². The number of nitrogens with one attached hydrogen (secondary N) is 3. The molecule has 0 aliphatic carbocycles. The highest BCUT2D eigenvalue weighted by Gasteiger charge is 2.20. The van der Waals surface area contributed by atoms with Crippen molar-refractivity contribution in [3.63, 3.8) is 0 Å². The number of carbonyl (C=O) groups excluding carboxylic acids is 3. The van der Waals surface area contributed by atoms with Crippen LogP contribution in [0.25, 0.3) is 0 Å². The van der Waals surface area contributed by atoms with Crippen molar-refractivity contribution in [3.05, 3.63) is 48.3 Å². The van der Waals surface area contributed by atoms with Crippen LogP contribution in [0.3, 0.4) is 0 Å². The molecule has 0 saturated carbocycles. The van der Waals surface area contributed by atoms with Crippen LogP contribution in [0.5, 0.6) is 0 Å². The molecule has 1 fully saturated rings. The summed E-state index contributed by atoms with van der Waals surface area (Å²) in [6, 6.07) is 9.50.